The fraction of sp³-hybridized carbons (Fsp3) is 0.430. The molecule has 0 bridgehead atoms. The van der Waals surface area contributed by atoms with Crippen LogP contribution in [0, 0.1) is 0 Å². The lowest BCUT2D eigenvalue weighted by molar-refractivity contribution is -0.190. The zero-order valence-corrected chi connectivity index (χ0v) is 76.6. The van der Waals surface area contributed by atoms with Crippen molar-refractivity contribution >= 4 is 87.3 Å². The summed E-state index contributed by atoms with van der Waals surface area (Å²) in [7, 11) is 0. The number of likely N-dealkylation sites (tertiary alicyclic amines) is 2. The molecule has 32 nitrogen and oxygen atoms in total. The van der Waals surface area contributed by atoms with Gasteiger partial charge in [-0.25, -0.2) is 34.1 Å². The molecule has 0 spiro atoms. The van der Waals surface area contributed by atoms with E-state index in [1.165, 1.54) is 26.2 Å². The van der Waals surface area contributed by atoms with E-state index < -0.39 is 70.0 Å². The first-order valence-electron chi connectivity index (χ1n) is 45.0. The Morgan fingerprint density at radius 3 is 1.40 bits per heavy atom. The van der Waals surface area contributed by atoms with Crippen LogP contribution in [0.4, 0.5) is 4.79 Å². The van der Waals surface area contributed by atoms with Crippen molar-refractivity contribution in [3.63, 3.8) is 0 Å². The minimum absolute atomic E-state index is 0.0192. The molecule has 8 aliphatic heterocycles. The van der Waals surface area contributed by atoms with Crippen LogP contribution in [0.15, 0.2) is 139 Å². The summed E-state index contributed by atoms with van der Waals surface area (Å²) in [5.41, 5.74) is 11.3. The zero-order chi connectivity index (χ0) is 93.8. The normalized spacial score (nSPS) is 19.3. The fourth-order valence-electron chi connectivity index (χ4n) is 18.4. The first-order chi connectivity index (χ1) is 62.9. The molecule has 690 valence electrons. The third-order valence-corrected chi connectivity index (χ3v) is 25.2. The predicted molar refractivity (Wildman–Crippen MR) is 492 cm³/mol. The molecule has 1 amide bonds. The van der Waals surface area contributed by atoms with Crippen molar-refractivity contribution in [1.82, 2.24) is 38.5 Å². The van der Waals surface area contributed by atoms with Crippen molar-refractivity contribution in [2.24, 2.45) is 21.2 Å². The second-order valence-corrected chi connectivity index (χ2v) is 37.5. The Hall–Kier alpha value is -13.2. The number of esters is 5. The highest BCUT2D eigenvalue weighted by atomic mass is 16.7. The molecule has 14 heterocycles. The summed E-state index contributed by atoms with van der Waals surface area (Å²) in [5.74, 6) is -2.69. The Kier molecular flexibility index (Phi) is 25.5. The van der Waals surface area contributed by atoms with Gasteiger partial charge in [0.2, 0.25) is 5.60 Å². The monoisotopic (exact) mass is 1800 g/mol. The summed E-state index contributed by atoms with van der Waals surface area (Å²) in [4.78, 5) is 154. The van der Waals surface area contributed by atoms with Gasteiger partial charge in [-0.15, -0.1) is 0 Å². The van der Waals surface area contributed by atoms with Crippen molar-refractivity contribution in [2.45, 2.75) is 252 Å². The number of nitrogens with zero attached hydrogens (tertiary/aromatic N) is 11. The minimum atomic E-state index is -1.89. The number of hydrogen-bond acceptors (Lipinski definition) is 28. The number of pyridine rings is 6. The van der Waals surface area contributed by atoms with Crippen LogP contribution < -0.4 is 31.9 Å². The summed E-state index contributed by atoms with van der Waals surface area (Å²) in [6.45, 7) is 27.4. The van der Waals surface area contributed by atoms with Crippen molar-refractivity contribution < 1.29 is 81.9 Å². The summed E-state index contributed by atoms with van der Waals surface area (Å²) in [6.07, 6.45) is 11.8. The Morgan fingerprint density at radius 2 is 0.947 bits per heavy atom. The molecular formula is C100H110N12O20. The van der Waals surface area contributed by atoms with E-state index >= 15 is 0 Å². The van der Waals surface area contributed by atoms with Gasteiger partial charge in [-0.2, -0.15) is 0 Å². The summed E-state index contributed by atoms with van der Waals surface area (Å²) in [6, 6.07) is 32.7. The first-order valence-corrected chi connectivity index (χ1v) is 45.0. The first kappa shape index (κ1) is 92.1. The molecule has 32 heteroatoms. The molecule has 132 heavy (non-hydrogen) atoms. The zero-order valence-electron chi connectivity index (χ0n) is 76.6. The van der Waals surface area contributed by atoms with E-state index in [0.29, 0.717) is 117 Å². The Balaban J connectivity index is 0.000000153. The molecule has 2 fully saturated rings. The van der Waals surface area contributed by atoms with Gasteiger partial charge in [0.15, 0.2) is 11.2 Å². The molecule has 10 aromatic rings. The SMILES string of the molecule is CC[C@@]1(O)C(=O)OCc2c1cc1n(c2=O)Cc2cc3c(C/C=N/OC(C)(C)C)c(OC(C)=O)ccc3nc2-1.CC[C@@]1(O)C(=O)OCc2c1cc1n(c2=O)Cc2cc3c(C/C=N/OC(C)(C)C)cccc3nc2-1.CC[C@@]1(OC(=O)[C@@H](N)Cc2ccccc2)C(=O)OCc2c1cc1n(c2=O)Cc2cc3c(C/C=N/OC(C)(C)C)c(OC(=O)N4CCC(N5CCCCC5)CC4)ccc3nc2-1. The molecule has 6 aromatic heterocycles. The van der Waals surface area contributed by atoms with Crippen LogP contribution >= 0.6 is 0 Å². The number of piperidine rings is 2. The number of nitrogens with two attached hydrogens (primary N) is 1. The van der Waals surface area contributed by atoms with Crippen molar-refractivity contribution in [3.05, 3.63) is 213 Å². The van der Waals surface area contributed by atoms with Crippen LogP contribution in [0.5, 0.6) is 11.5 Å². The molecule has 18 rings (SSSR count). The molecule has 4 aromatic carbocycles. The Morgan fingerprint density at radius 1 is 0.515 bits per heavy atom. The number of benzene rings is 4. The highest BCUT2D eigenvalue weighted by molar-refractivity contribution is 5.95. The summed E-state index contributed by atoms with van der Waals surface area (Å²) < 4.78 is 38.3. The van der Waals surface area contributed by atoms with E-state index in [-0.39, 0.29) is 110 Å². The number of fused-ring (bicyclic) bond motifs is 15. The van der Waals surface area contributed by atoms with Crippen molar-refractivity contribution in [2.75, 3.05) is 26.2 Å². The topological polar surface area (TPSA) is 400 Å². The van der Waals surface area contributed by atoms with Gasteiger partial charge in [0.1, 0.15) is 54.2 Å². The number of carbonyl (C=O) groups is 6. The smallest absolute Gasteiger partial charge is 0.415 e. The number of oxime groups is 3. The molecular weight excluding hydrogens is 1690 g/mol. The van der Waals surface area contributed by atoms with Crippen LogP contribution in [0.25, 0.3) is 66.9 Å². The highest BCUT2D eigenvalue weighted by Gasteiger charge is 2.52. The fourth-order valence-corrected chi connectivity index (χ4v) is 18.4. The van der Waals surface area contributed by atoms with Crippen LogP contribution in [-0.2, 0) is 139 Å². The van der Waals surface area contributed by atoms with Gasteiger partial charge >= 0.3 is 35.9 Å². The van der Waals surface area contributed by atoms with Gasteiger partial charge in [-0.05, 0) is 205 Å². The quantitative estimate of drug-likeness (QED) is 0.0222. The second-order valence-electron chi connectivity index (χ2n) is 37.5. The van der Waals surface area contributed by atoms with Crippen LogP contribution in [0.2, 0.25) is 0 Å². The third-order valence-electron chi connectivity index (χ3n) is 25.2. The third kappa shape index (κ3) is 18.2. The molecule has 0 saturated carbocycles. The number of cyclic esters (lactones) is 3. The van der Waals surface area contributed by atoms with Crippen LogP contribution in [0.3, 0.4) is 0 Å². The Labute approximate surface area is 761 Å². The number of aromatic nitrogens is 6. The van der Waals surface area contributed by atoms with E-state index in [9.17, 15) is 53.4 Å². The number of rotatable bonds is 19. The maximum Gasteiger partial charge on any atom is 0.415 e. The van der Waals surface area contributed by atoms with Crippen molar-refractivity contribution in [1.29, 1.82) is 0 Å². The van der Waals surface area contributed by atoms with E-state index in [2.05, 4.69) is 26.4 Å². The van der Waals surface area contributed by atoms with Gasteiger partial charge < -0.3 is 82.4 Å². The average Bonchev–Trinajstić information content (AvgIpc) is 1.50. The lowest BCUT2D eigenvalue weighted by Crippen LogP contribution is -2.50. The largest absolute Gasteiger partial charge is 0.458 e. The maximum absolute atomic E-state index is 14.3. The van der Waals surface area contributed by atoms with E-state index in [1.54, 1.807) is 100 Å². The minimum Gasteiger partial charge on any atom is -0.458 e. The Bertz CT molecular complexity index is 6600. The molecule has 4 atom stereocenters. The van der Waals surface area contributed by atoms with Crippen molar-refractivity contribution in [3.8, 4) is 45.7 Å². The molecule has 4 N–H and O–H groups in total. The predicted octanol–water partition coefficient (Wildman–Crippen LogP) is 12.8. The van der Waals surface area contributed by atoms with Gasteiger partial charge in [0.05, 0.1) is 87.0 Å². The number of ether oxygens (including phenoxy) is 6. The molecule has 8 aliphatic rings. The lowest BCUT2D eigenvalue weighted by atomic mass is 9.85. The average molecular weight is 1800 g/mol. The molecule has 2 saturated heterocycles. The second kappa shape index (κ2) is 36.5. The number of aliphatic hydroxyl groups is 2. The molecule has 0 radical (unpaired) electrons. The van der Waals surface area contributed by atoms with E-state index in [0.717, 1.165) is 75.4 Å². The summed E-state index contributed by atoms with van der Waals surface area (Å²) in [5, 5.41) is 36.9. The lowest BCUT2D eigenvalue weighted by Gasteiger charge is -2.39. The van der Waals surface area contributed by atoms with Gasteiger partial charge in [0.25, 0.3) is 16.7 Å². The van der Waals surface area contributed by atoms with Crippen LogP contribution in [0.1, 0.15) is 214 Å². The van der Waals surface area contributed by atoms with Crippen LogP contribution in [-0.4, -0.2) is 158 Å². The molecule has 0 unspecified atom stereocenters. The standard InChI is InChI=1S/C46H54N6O8.C28H29N3O7.C26H27N3O5/c1-5-46(59-42(54)36(47)24-29-12-8-6-9-13-29)35-26-38-40-30(27-52(38)41(53)34(35)28-57-43(46)55)25-33-32(16-19-48-60-45(2,3)4)39(15-14-37(33)49-40)58-44(56)51-22-17-31(18-23-51)50-20-10-7-11-21-50;1-6-28(35)20-12-22-24-16(13-31(22)25(33)19(20)14-36-26(28)34)11-18-17(9-10-29-38-27(3,4)5)23(37-15(2)32)8-7-21(18)30-24;1-5-26(32)19-12-21-22-16(13-29(21)23(30)18(19)14-33-24(26)31)11-17-15(7-6-8-20(17)28-22)9-10-27-34-25(2,3)4/h6,8-9,12-15,19,25-26,31,36H,5,7,10-11,16-18,20-24,27-28,47H2,1-4H3;7-8,10-12,35H,6,9,13-14H2,1-5H3;6-8,10-12,32H,5,9,13-14H2,1-4H3/b48-19+;29-10+;27-10+/t36-,46-;28-;26-/m000/s1. The van der Waals surface area contributed by atoms with Gasteiger partial charge in [-0.1, -0.05) is 85.1 Å². The van der Waals surface area contributed by atoms with E-state index in [1.807, 2.05) is 123 Å². The van der Waals surface area contributed by atoms with E-state index in [4.69, 9.17) is 63.6 Å². The number of hydrogen-bond donors (Lipinski definition) is 3. The number of carbonyl (C=O) groups excluding carboxylic acids is 6. The van der Waals surface area contributed by atoms with Gasteiger partial charge in [0, 0.05) is 125 Å². The maximum atomic E-state index is 14.3. The van der Waals surface area contributed by atoms with Gasteiger partial charge in [-0.3, -0.25) is 24.0 Å². The highest BCUT2D eigenvalue weighted by Crippen LogP contribution is 2.46. The number of amides is 1. The molecule has 0 aliphatic carbocycles. The summed E-state index contributed by atoms with van der Waals surface area (Å²) >= 11 is 0.